The zero-order chi connectivity index (χ0) is 15.6. The van der Waals surface area contributed by atoms with E-state index >= 15 is 0 Å². The topological polar surface area (TPSA) is 36.9 Å². The molecule has 4 heteroatoms. The molecule has 2 fully saturated rings. The van der Waals surface area contributed by atoms with Gasteiger partial charge in [-0.15, -0.1) is 6.58 Å². The van der Waals surface area contributed by atoms with Gasteiger partial charge in [0.15, 0.2) is 6.29 Å². The Labute approximate surface area is 136 Å². The van der Waals surface area contributed by atoms with Crippen molar-refractivity contribution in [3.05, 3.63) is 53.6 Å². The second kappa shape index (κ2) is 6.57. The SMILES string of the molecule is C=CC[C@H]1O[C@@H]2OCCO[C@@H]2[C@H]1OCC1=Cc2ccccc2C1. The van der Waals surface area contributed by atoms with E-state index in [1.807, 2.05) is 6.08 Å². The summed E-state index contributed by atoms with van der Waals surface area (Å²) in [5, 5.41) is 0. The Hall–Kier alpha value is -1.46. The first-order valence-corrected chi connectivity index (χ1v) is 8.23. The van der Waals surface area contributed by atoms with Crippen LogP contribution in [0.2, 0.25) is 0 Å². The molecule has 3 aliphatic rings. The maximum absolute atomic E-state index is 6.21. The molecule has 2 aliphatic heterocycles. The van der Waals surface area contributed by atoms with Gasteiger partial charge in [-0.1, -0.05) is 36.4 Å². The van der Waals surface area contributed by atoms with Gasteiger partial charge in [0.2, 0.25) is 0 Å². The molecule has 4 nitrogen and oxygen atoms in total. The van der Waals surface area contributed by atoms with Crippen molar-refractivity contribution < 1.29 is 18.9 Å². The molecule has 2 heterocycles. The van der Waals surface area contributed by atoms with Gasteiger partial charge in [-0.2, -0.15) is 0 Å². The smallest absolute Gasteiger partial charge is 0.186 e. The molecular formula is C19H22O4. The highest BCUT2D eigenvalue weighted by Crippen LogP contribution is 2.33. The Morgan fingerprint density at radius 1 is 1.22 bits per heavy atom. The quantitative estimate of drug-likeness (QED) is 0.783. The summed E-state index contributed by atoms with van der Waals surface area (Å²) in [5.74, 6) is 0. The summed E-state index contributed by atoms with van der Waals surface area (Å²) in [4.78, 5) is 0. The van der Waals surface area contributed by atoms with Crippen molar-refractivity contribution in [3.63, 3.8) is 0 Å². The van der Waals surface area contributed by atoms with Crippen molar-refractivity contribution >= 4 is 6.08 Å². The first kappa shape index (κ1) is 15.1. The third-order valence-electron chi connectivity index (χ3n) is 4.64. The Balaban J connectivity index is 1.42. The summed E-state index contributed by atoms with van der Waals surface area (Å²) in [6.07, 6.45) is 5.18. The molecule has 0 N–H and O–H groups in total. The van der Waals surface area contributed by atoms with Gasteiger partial charge in [0.05, 0.1) is 25.9 Å². The lowest BCUT2D eigenvalue weighted by Gasteiger charge is -2.28. The normalized spacial score (nSPS) is 32.3. The molecule has 23 heavy (non-hydrogen) atoms. The number of benzene rings is 1. The molecule has 0 saturated carbocycles. The van der Waals surface area contributed by atoms with Crippen LogP contribution >= 0.6 is 0 Å². The van der Waals surface area contributed by atoms with Crippen molar-refractivity contribution in [2.45, 2.75) is 37.4 Å². The first-order chi connectivity index (χ1) is 11.3. The molecular weight excluding hydrogens is 292 g/mol. The monoisotopic (exact) mass is 314 g/mol. The van der Waals surface area contributed by atoms with Gasteiger partial charge in [0, 0.05) is 0 Å². The Bertz CT molecular complexity index is 609. The molecule has 0 spiro atoms. The van der Waals surface area contributed by atoms with Crippen LogP contribution < -0.4 is 0 Å². The average Bonchev–Trinajstić information content (AvgIpc) is 3.13. The van der Waals surface area contributed by atoms with Crippen LogP contribution in [0.4, 0.5) is 0 Å². The Morgan fingerprint density at radius 2 is 2.09 bits per heavy atom. The summed E-state index contributed by atoms with van der Waals surface area (Å²) >= 11 is 0. The van der Waals surface area contributed by atoms with Gasteiger partial charge in [-0.25, -0.2) is 0 Å². The van der Waals surface area contributed by atoms with E-state index in [4.69, 9.17) is 18.9 Å². The summed E-state index contributed by atoms with van der Waals surface area (Å²) in [7, 11) is 0. The van der Waals surface area contributed by atoms with Crippen LogP contribution in [0.3, 0.4) is 0 Å². The predicted octanol–water partition coefficient (Wildman–Crippen LogP) is 2.73. The highest BCUT2D eigenvalue weighted by Gasteiger charge is 2.48. The van der Waals surface area contributed by atoms with Gasteiger partial charge in [-0.05, 0) is 29.5 Å². The van der Waals surface area contributed by atoms with Crippen LogP contribution in [0, 0.1) is 0 Å². The van der Waals surface area contributed by atoms with Gasteiger partial charge in [0.1, 0.15) is 12.2 Å². The fourth-order valence-corrected chi connectivity index (χ4v) is 3.55. The molecule has 0 amide bonds. The van der Waals surface area contributed by atoms with Crippen LogP contribution in [-0.2, 0) is 25.4 Å². The molecule has 1 aliphatic carbocycles. The highest BCUT2D eigenvalue weighted by atomic mass is 16.7. The van der Waals surface area contributed by atoms with E-state index < -0.39 is 0 Å². The van der Waals surface area contributed by atoms with Crippen molar-refractivity contribution in [3.8, 4) is 0 Å². The summed E-state index contributed by atoms with van der Waals surface area (Å²) in [6, 6.07) is 8.48. The lowest BCUT2D eigenvalue weighted by atomic mass is 10.1. The third kappa shape index (κ3) is 3.00. The minimum Gasteiger partial charge on any atom is -0.368 e. The molecule has 122 valence electrons. The molecule has 1 aromatic carbocycles. The molecule has 2 saturated heterocycles. The lowest BCUT2D eigenvalue weighted by Crippen LogP contribution is -2.42. The molecule has 0 aromatic heterocycles. The van der Waals surface area contributed by atoms with E-state index in [9.17, 15) is 0 Å². The van der Waals surface area contributed by atoms with E-state index in [0.717, 1.165) is 12.8 Å². The first-order valence-electron chi connectivity index (χ1n) is 8.23. The average molecular weight is 314 g/mol. The van der Waals surface area contributed by atoms with E-state index in [1.165, 1.54) is 16.7 Å². The highest BCUT2D eigenvalue weighted by molar-refractivity contribution is 5.63. The minimum atomic E-state index is -0.312. The molecule has 1 aromatic rings. The zero-order valence-electron chi connectivity index (χ0n) is 13.1. The van der Waals surface area contributed by atoms with E-state index in [1.54, 1.807) is 0 Å². The van der Waals surface area contributed by atoms with Gasteiger partial charge in [0.25, 0.3) is 0 Å². The second-order valence-electron chi connectivity index (χ2n) is 6.23. The van der Waals surface area contributed by atoms with Crippen LogP contribution in [0.15, 0.2) is 42.5 Å². The van der Waals surface area contributed by atoms with Gasteiger partial charge < -0.3 is 18.9 Å². The van der Waals surface area contributed by atoms with E-state index in [2.05, 4.69) is 36.9 Å². The largest absolute Gasteiger partial charge is 0.368 e. The molecule has 0 radical (unpaired) electrons. The molecule has 4 atom stereocenters. The Morgan fingerprint density at radius 3 is 2.96 bits per heavy atom. The second-order valence-corrected chi connectivity index (χ2v) is 6.23. The van der Waals surface area contributed by atoms with E-state index in [0.29, 0.717) is 19.8 Å². The van der Waals surface area contributed by atoms with E-state index in [-0.39, 0.29) is 24.6 Å². The minimum absolute atomic E-state index is 0.0509. The van der Waals surface area contributed by atoms with Gasteiger partial charge >= 0.3 is 0 Å². The van der Waals surface area contributed by atoms with Crippen molar-refractivity contribution in [2.75, 3.05) is 19.8 Å². The summed E-state index contributed by atoms with van der Waals surface area (Å²) in [6.45, 7) is 5.59. The number of hydrogen-bond acceptors (Lipinski definition) is 4. The predicted molar refractivity (Wildman–Crippen MR) is 87.0 cm³/mol. The Kier molecular flexibility index (Phi) is 4.31. The summed E-state index contributed by atoms with van der Waals surface area (Å²) < 4.78 is 23.6. The fraction of sp³-hybridized carbons (Fsp3) is 0.474. The molecule has 4 rings (SSSR count). The van der Waals surface area contributed by atoms with Crippen LogP contribution in [-0.4, -0.2) is 44.4 Å². The molecule has 0 bridgehead atoms. The van der Waals surface area contributed by atoms with Crippen LogP contribution in [0.1, 0.15) is 17.5 Å². The maximum Gasteiger partial charge on any atom is 0.186 e. The fourth-order valence-electron chi connectivity index (χ4n) is 3.55. The van der Waals surface area contributed by atoms with Crippen LogP contribution in [0.25, 0.3) is 6.08 Å². The number of ether oxygens (including phenoxy) is 4. The standard InChI is InChI=1S/C19H22O4/c1-2-5-16-17(18-19(23-16)21-9-8-20-18)22-12-13-10-14-6-3-4-7-15(14)11-13/h2-4,6-7,10,16-19H,1,5,8-9,11-12H2/t16-,17+,18-,19+/m1/s1. The number of rotatable bonds is 5. The van der Waals surface area contributed by atoms with Gasteiger partial charge in [-0.3, -0.25) is 0 Å². The third-order valence-corrected chi connectivity index (χ3v) is 4.64. The van der Waals surface area contributed by atoms with Crippen molar-refractivity contribution in [1.82, 2.24) is 0 Å². The maximum atomic E-state index is 6.21. The number of fused-ring (bicyclic) bond motifs is 2. The van der Waals surface area contributed by atoms with Crippen molar-refractivity contribution in [2.24, 2.45) is 0 Å². The molecule has 0 unspecified atom stereocenters. The zero-order valence-corrected chi connectivity index (χ0v) is 13.1. The summed E-state index contributed by atoms with van der Waals surface area (Å²) in [5.41, 5.74) is 3.96. The van der Waals surface area contributed by atoms with Crippen molar-refractivity contribution in [1.29, 1.82) is 0 Å². The lowest BCUT2D eigenvalue weighted by molar-refractivity contribution is -0.221. The number of hydrogen-bond donors (Lipinski definition) is 0. The van der Waals surface area contributed by atoms with Crippen LogP contribution in [0.5, 0.6) is 0 Å².